The lowest BCUT2D eigenvalue weighted by molar-refractivity contribution is 0.0772. The van der Waals surface area contributed by atoms with Gasteiger partial charge < -0.3 is 9.64 Å². The molecule has 0 aliphatic carbocycles. The maximum Gasteiger partial charge on any atom is 0.207 e. The Morgan fingerprint density at radius 1 is 1.59 bits per heavy atom. The van der Waals surface area contributed by atoms with Crippen LogP contribution in [0.5, 0.6) is 0 Å². The minimum atomic E-state index is -0.131. The third-order valence-corrected chi connectivity index (χ3v) is 2.53. The summed E-state index contributed by atoms with van der Waals surface area (Å²) in [5, 5.41) is 4.48. The summed E-state index contributed by atoms with van der Waals surface area (Å²) in [5.41, 5.74) is 0.432. The maximum absolute atomic E-state index is 11.9. The zero-order valence-corrected chi connectivity index (χ0v) is 11.2. The van der Waals surface area contributed by atoms with Crippen molar-refractivity contribution in [3.05, 3.63) is 16.9 Å². The normalized spacial score (nSPS) is 11.1. The molecule has 0 unspecified atom stereocenters. The Bertz CT molecular complexity index is 377. The Balaban J connectivity index is 2.75. The van der Waals surface area contributed by atoms with Crippen LogP contribution >= 0.6 is 11.6 Å². The zero-order chi connectivity index (χ0) is 12.8. The van der Waals surface area contributed by atoms with Crippen LogP contribution in [0.1, 0.15) is 17.4 Å². The minimum absolute atomic E-state index is 0.0455. The molecule has 1 aromatic heterocycles. The molecule has 0 saturated heterocycles. The first-order valence-electron chi connectivity index (χ1n) is 5.53. The van der Waals surface area contributed by atoms with Crippen LogP contribution in [0.2, 0.25) is 5.02 Å². The van der Waals surface area contributed by atoms with Crippen LogP contribution in [0.15, 0.2) is 6.20 Å². The van der Waals surface area contributed by atoms with Crippen molar-refractivity contribution in [1.29, 1.82) is 0 Å². The Hall–Kier alpha value is -0.910. The molecule has 0 aliphatic heterocycles. The molecule has 0 fully saturated rings. The molecule has 0 N–H and O–H groups in total. The number of carbonyl (C=O) groups is 1. The smallest absolute Gasteiger partial charge is 0.207 e. The van der Waals surface area contributed by atoms with Gasteiger partial charge in [0, 0.05) is 13.2 Å². The van der Waals surface area contributed by atoms with Gasteiger partial charge in [-0.15, -0.1) is 0 Å². The highest BCUT2D eigenvalue weighted by Gasteiger charge is 2.17. The van der Waals surface area contributed by atoms with Crippen LogP contribution in [0.4, 0.5) is 0 Å². The molecule has 0 radical (unpaired) electrons. The molecule has 17 heavy (non-hydrogen) atoms. The van der Waals surface area contributed by atoms with E-state index in [-0.39, 0.29) is 12.4 Å². The van der Waals surface area contributed by atoms with E-state index in [0.717, 1.165) is 6.54 Å². The van der Waals surface area contributed by atoms with Crippen molar-refractivity contribution >= 4 is 17.4 Å². The van der Waals surface area contributed by atoms with Gasteiger partial charge in [-0.25, -0.2) is 0 Å². The van der Waals surface area contributed by atoms with E-state index >= 15 is 0 Å². The number of rotatable bonds is 7. The van der Waals surface area contributed by atoms with E-state index in [4.69, 9.17) is 16.3 Å². The van der Waals surface area contributed by atoms with E-state index in [1.165, 1.54) is 6.20 Å². The topological polar surface area (TPSA) is 47.4 Å². The average molecular weight is 260 g/mol. The number of carbonyl (C=O) groups excluding carboxylic acids is 1. The highest BCUT2D eigenvalue weighted by Crippen LogP contribution is 2.15. The molecule has 1 aromatic rings. The third-order valence-electron chi connectivity index (χ3n) is 2.26. The molecule has 5 nitrogen and oxygen atoms in total. The van der Waals surface area contributed by atoms with Crippen LogP contribution in [0, 0.1) is 0 Å². The summed E-state index contributed by atoms with van der Waals surface area (Å²) in [5.74, 6) is -0.131. The van der Waals surface area contributed by atoms with Crippen LogP contribution < -0.4 is 0 Å². The van der Waals surface area contributed by atoms with Gasteiger partial charge in [0.2, 0.25) is 5.78 Å². The quantitative estimate of drug-likeness (QED) is 0.693. The first-order chi connectivity index (χ1) is 8.06. The Morgan fingerprint density at radius 2 is 2.29 bits per heavy atom. The summed E-state index contributed by atoms with van der Waals surface area (Å²) in [6, 6.07) is 0. The Morgan fingerprint density at radius 3 is 2.88 bits per heavy atom. The van der Waals surface area contributed by atoms with Crippen molar-refractivity contribution in [1.82, 2.24) is 14.7 Å². The Labute approximate surface area is 106 Å². The van der Waals surface area contributed by atoms with Crippen molar-refractivity contribution in [2.45, 2.75) is 13.5 Å². The van der Waals surface area contributed by atoms with E-state index < -0.39 is 0 Å². The van der Waals surface area contributed by atoms with Crippen LogP contribution in [-0.2, 0) is 11.3 Å². The fourth-order valence-corrected chi connectivity index (χ4v) is 1.61. The van der Waals surface area contributed by atoms with Gasteiger partial charge in [-0.2, -0.15) is 5.10 Å². The number of nitrogens with zero attached hydrogens (tertiary/aromatic N) is 3. The largest absolute Gasteiger partial charge is 0.374 e. The first kappa shape index (κ1) is 14.2. The van der Waals surface area contributed by atoms with Gasteiger partial charge >= 0.3 is 0 Å². The lowest BCUT2D eigenvalue weighted by atomic mass is 10.3. The van der Waals surface area contributed by atoms with Gasteiger partial charge in [0.1, 0.15) is 12.3 Å². The van der Waals surface area contributed by atoms with Crippen LogP contribution in [0.3, 0.4) is 0 Å². The molecule has 0 aromatic carbocycles. The van der Waals surface area contributed by atoms with E-state index in [9.17, 15) is 4.79 Å². The highest BCUT2D eigenvalue weighted by atomic mass is 35.5. The molecule has 6 heteroatoms. The molecule has 0 aliphatic rings. The second kappa shape index (κ2) is 6.74. The van der Waals surface area contributed by atoms with Crippen molar-refractivity contribution in [3.63, 3.8) is 0 Å². The van der Waals surface area contributed by atoms with Gasteiger partial charge in [-0.05, 0) is 21.0 Å². The Kier molecular flexibility index (Phi) is 5.61. The number of aromatic nitrogens is 2. The summed E-state index contributed by atoms with van der Waals surface area (Å²) >= 11 is 5.96. The number of ketones is 1. The van der Waals surface area contributed by atoms with Crippen LogP contribution in [0.25, 0.3) is 0 Å². The van der Waals surface area contributed by atoms with E-state index in [1.54, 1.807) is 4.68 Å². The molecule has 1 rings (SSSR count). The summed E-state index contributed by atoms with van der Waals surface area (Å²) in [4.78, 5) is 13.9. The third kappa shape index (κ3) is 4.11. The van der Waals surface area contributed by atoms with Gasteiger partial charge in [0.25, 0.3) is 0 Å². The van der Waals surface area contributed by atoms with Crippen molar-refractivity contribution in [2.75, 3.05) is 33.9 Å². The number of halogens is 1. The number of Topliss-reactive ketones (excluding diaryl/α,β-unsaturated/α-hetero) is 1. The van der Waals surface area contributed by atoms with E-state index in [0.29, 0.717) is 23.9 Å². The van der Waals surface area contributed by atoms with Crippen molar-refractivity contribution < 1.29 is 9.53 Å². The van der Waals surface area contributed by atoms with Crippen molar-refractivity contribution in [2.24, 2.45) is 0 Å². The molecule has 0 bridgehead atoms. The summed E-state index contributed by atoms with van der Waals surface area (Å²) in [6.07, 6.45) is 1.50. The van der Waals surface area contributed by atoms with Gasteiger partial charge in [0.05, 0.1) is 17.8 Å². The molecule has 0 amide bonds. The molecule has 0 atom stereocenters. The number of hydrogen-bond acceptors (Lipinski definition) is 4. The summed E-state index contributed by atoms with van der Waals surface area (Å²) in [6.45, 7) is 3.83. The summed E-state index contributed by atoms with van der Waals surface area (Å²) in [7, 11) is 3.93. The first-order valence-corrected chi connectivity index (χ1v) is 5.91. The van der Waals surface area contributed by atoms with E-state index in [2.05, 4.69) is 5.10 Å². The minimum Gasteiger partial charge on any atom is -0.374 e. The fraction of sp³-hybridized carbons (Fsp3) is 0.636. The SMILES string of the molecule is CCOCC(=O)c1c(Cl)cnn1CCN(C)C. The van der Waals surface area contributed by atoms with Gasteiger partial charge in [-0.1, -0.05) is 11.6 Å². The van der Waals surface area contributed by atoms with E-state index in [1.807, 2.05) is 25.9 Å². The van der Waals surface area contributed by atoms with Crippen molar-refractivity contribution in [3.8, 4) is 0 Å². The fourth-order valence-electron chi connectivity index (χ4n) is 1.37. The molecular weight excluding hydrogens is 242 g/mol. The molecule has 96 valence electrons. The second-order valence-corrected chi connectivity index (χ2v) is 4.34. The molecule has 0 spiro atoms. The maximum atomic E-state index is 11.9. The predicted molar refractivity (Wildman–Crippen MR) is 66.6 cm³/mol. The lowest BCUT2D eigenvalue weighted by Crippen LogP contribution is -2.22. The number of hydrogen-bond donors (Lipinski definition) is 0. The highest BCUT2D eigenvalue weighted by molar-refractivity contribution is 6.33. The zero-order valence-electron chi connectivity index (χ0n) is 10.4. The lowest BCUT2D eigenvalue weighted by Gasteiger charge is -2.11. The second-order valence-electron chi connectivity index (χ2n) is 3.93. The molecular formula is C11H18ClN3O2. The molecule has 1 heterocycles. The monoisotopic (exact) mass is 259 g/mol. The number of ether oxygens (including phenoxy) is 1. The average Bonchev–Trinajstić information content (AvgIpc) is 2.64. The van der Waals surface area contributed by atoms with Crippen LogP contribution in [-0.4, -0.2) is 54.3 Å². The van der Waals surface area contributed by atoms with Gasteiger partial charge in [0.15, 0.2) is 0 Å². The number of likely N-dealkylation sites (N-methyl/N-ethyl adjacent to an activating group) is 1. The standard InChI is InChI=1S/C11H18ClN3O2/c1-4-17-8-10(16)11-9(12)7-13-15(11)6-5-14(2)3/h7H,4-6,8H2,1-3H3. The predicted octanol–water partition coefficient (Wildman–Crippen LogP) is 1.32. The summed E-state index contributed by atoms with van der Waals surface area (Å²) < 4.78 is 6.72. The molecule has 0 saturated carbocycles. The van der Waals surface area contributed by atoms with Gasteiger partial charge in [-0.3, -0.25) is 9.48 Å².